The lowest BCUT2D eigenvalue weighted by Crippen LogP contribution is -2.40. The average molecular weight is 309 g/mol. The van der Waals surface area contributed by atoms with Crippen LogP contribution in [0.5, 0.6) is 17.2 Å². The van der Waals surface area contributed by atoms with E-state index in [9.17, 15) is 15.0 Å². The Morgan fingerprint density at radius 1 is 1.32 bits per heavy atom. The van der Waals surface area contributed by atoms with Crippen LogP contribution in [-0.4, -0.2) is 61.4 Å². The number of hydrogen-bond acceptors (Lipinski definition) is 6. The highest BCUT2D eigenvalue weighted by molar-refractivity contribution is 6.00. The summed E-state index contributed by atoms with van der Waals surface area (Å²) >= 11 is 0. The number of ketones is 1. The van der Waals surface area contributed by atoms with Gasteiger partial charge in [0, 0.05) is 24.1 Å². The number of Topliss-reactive ketones (excluding diaryl/α,β-unsaturated/α-hetero) is 1. The molecule has 2 atom stereocenters. The van der Waals surface area contributed by atoms with Gasteiger partial charge in [-0.15, -0.1) is 0 Å². The monoisotopic (exact) mass is 309 g/mol. The summed E-state index contributed by atoms with van der Waals surface area (Å²) in [6.45, 7) is 2.68. The molecule has 2 N–H and O–H groups in total. The van der Waals surface area contributed by atoms with Crippen molar-refractivity contribution >= 4 is 5.78 Å². The second kappa shape index (κ2) is 6.54. The minimum absolute atomic E-state index is 0.129. The first-order valence-corrected chi connectivity index (χ1v) is 7.26. The van der Waals surface area contributed by atoms with E-state index in [2.05, 4.69) is 0 Å². The van der Waals surface area contributed by atoms with Crippen LogP contribution in [0.4, 0.5) is 0 Å². The average Bonchev–Trinajstić information content (AvgIpc) is 2.46. The molecule has 1 aliphatic rings. The molecule has 0 saturated carbocycles. The van der Waals surface area contributed by atoms with Crippen molar-refractivity contribution in [3.05, 3.63) is 17.2 Å². The Balaban J connectivity index is 2.59. The van der Waals surface area contributed by atoms with Gasteiger partial charge < -0.3 is 24.6 Å². The van der Waals surface area contributed by atoms with Crippen LogP contribution in [0.1, 0.15) is 35.2 Å². The number of methoxy groups -OCH3 is 2. The zero-order chi connectivity index (χ0) is 16.4. The van der Waals surface area contributed by atoms with Gasteiger partial charge in [-0.25, -0.2) is 0 Å². The quantitative estimate of drug-likeness (QED) is 0.818. The molecule has 6 nitrogen and oxygen atoms in total. The number of piperidine rings is 1. The van der Waals surface area contributed by atoms with Gasteiger partial charge in [0.15, 0.2) is 5.78 Å². The summed E-state index contributed by atoms with van der Waals surface area (Å²) in [5.74, 6) is -0.0332. The zero-order valence-corrected chi connectivity index (χ0v) is 13.4. The number of carbonyl (C=O) groups excluding carboxylic acids is 1. The number of rotatable bonds is 4. The molecule has 1 aromatic rings. The SMILES string of the molecule is COc1cc(OC)c([C@@H]2CCN(C)C[C@H]2O)c(O)c1C(C)=O. The third-order valence-corrected chi connectivity index (χ3v) is 4.21. The molecule has 1 fully saturated rings. The fourth-order valence-electron chi connectivity index (χ4n) is 3.09. The van der Waals surface area contributed by atoms with E-state index in [1.807, 2.05) is 11.9 Å². The van der Waals surface area contributed by atoms with E-state index >= 15 is 0 Å². The van der Waals surface area contributed by atoms with Crippen molar-refractivity contribution in [2.75, 3.05) is 34.4 Å². The number of β-amino-alcohol motifs (C(OH)–C–C–N with tert-alkyl or cyclic N) is 1. The number of likely N-dealkylation sites (tertiary alicyclic amines) is 1. The van der Waals surface area contributed by atoms with Crippen LogP contribution in [-0.2, 0) is 0 Å². The number of nitrogens with zero attached hydrogens (tertiary/aromatic N) is 1. The second-order valence-corrected chi connectivity index (χ2v) is 5.70. The van der Waals surface area contributed by atoms with Gasteiger partial charge in [-0.1, -0.05) is 0 Å². The minimum Gasteiger partial charge on any atom is -0.507 e. The van der Waals surface area contributed by atoms with E-state index in [-0.39, 0.29) is 28.8 Å². The van der Waals surface area contributed by atoms with Gasteiger partial charge in [0.05, 0.1) is 20.3 Å². The van der Waals surface area contributed by atoms with Gasteiger partial charge >= 0.3 is 0 Å². The van der Waals surface area contributed by atoms with Crippen molar-refractivity contribution in [3.63, 3.8) is 0 Å². The Morgan fingerprint density at radius 2 is 1.95 bits per heavy atom. The maximum atomic E-state index is 11.9. The topological polar surface area (TPSA) is 79.2 Å². The fraction of sp³-hybridized carbons (Fsp3) is 0.562. The molecule has 0 aliphatic carbocycles. The van der Waals surface area contributed by atoms with Crippen molar-refractivity contribution in [1.29, 1.82) is 0 Å². The lowest BCUT2D eigenvalue weighted by molar-refractivity contribution is 0.0618. The maximum Gasteiger partial charge on any atom is 0.167 e. The first-order chi connectivity index (χ1) is 10.4. The van der Waals surface area contributed by atoms with Crippen molar-refractivity contribution in [1.82, 2.24) is 4.90 Å². The van der Waals surface area contributed by atoms with Crippen molar-refractivity contribution < 1.29 is 24.5 Å². The number of hydrogen-bond donors (Lipinski definition) is 2. The second-order valence-electron chi connectivity index (χ2n) is 5.70. The van der Waals surface area contributed by atoms with Crippen LogP contribution in [0.25, 0.3) is 0 Å². The van der Waals surface area contributed by atoms with E-state index in [4.69, 9.17) is 9.47 Å². The molecular weight excluding hydrogens is 286 g/mol. The Bertz CT molecular complexity index is 572. The van der Waals surface area contributed by atoms with Crippen molar-refractivity contribution in [3.8, 4) is 17.2 Å². The molecule has 1 aromatic carbocycles. The van der Waals surface area contributed by atoms with E-state index in [1.54, 1.807) is 6.07 Å². The first-order valence-electron chi connectivity index (χ1n) is 7.26. The Morgan fingerprint density at radius 3 is 2.45 bits per heavy atom. The molecule has 22 heavy (non-hydrogen) atoms. The van der Waals surface area contributed by atoms with Crippen molar-refractivity contribution in [2.45, 2.75) is 25.4 Å². The lowest BCUT2D eigenvalue weighted by atomic mass is 9.84. The van der Waals surface area contributed by atoms with Gasteiger partial charge in [-0.2, -0.15) is 0 Å². The highest BCUT2D eigenvalue weighted by Crippen LogP contribution is 2.45. The smallest absolute Gasteiger partial charge is 0.167 e. The van der Waals surface area contributed by atoms with E-state index in [0.29, 0.717) is 24.3 Å². The van der Waals surface area contributed by atoms with E-state index in [0.717, 1.165) is 6.54 Å². The van der Waals surface area contributed by atoms with E-state index < -0.39 is 6.10 Å². The van der Waals surface area contributed by atoms with Gasteiger partial charge in [-0.3, -0.25) is 4.79 Å². The molecular formula is C16H23NO5. The zero-order valence-electron chi connectivity index (χ0n) is 13.4. The molecule has 0 unspecified atom stereocenters. The summed E-state index contributed by atoms with van der Waals surface area (Å²) in [5.41, 5.74) is 0.610. The normalized spacial score (nSPS) is 22.4. The van der Waals surface area contributed by atoms with Gasteiger partial charge in [-0.05, 0) is 26.9 Å². The molecule has 0 spiro atoms. The van der Waals surface area contributed by atoms with E-state index in [1.165, 1.54) is 21.1 Å². The summed E-state index contributed by atoms with van der Waals surface area (Å²) in [5, 5.41) is 21.0. The molecule has 0 aromatic heterocycles. The molecule has 1 aliphatic heterocycles. The number of aromatic hydroxyl groups is 1. The van der Waals surface area contributed by atoms with Crippen LogP contribution in [0, 0.1) is 0 Å². The van der Waals surface area contributed by atoms with Crippen LogP contribution in [0.2, 0.25) is 0 Å². The summed E-state index contributed by atoms with van der Waals surface area (Å²) in [6, 6.07) is 1.59. The Hall–Kier alpha value is -1.79. The Labute approximate surface area is 130 Å². The molecule has 2 rings (SSSR count). The predicted molar refractivity (Wildman–Crippen MR) is 82.1 cm³/mol. The van der Waals surface area contributed by atoms with Crippen LogP contribution in [0.15, 0.2) is 6.07 Å². The van der Waals surface area contributed by atoms with Gasteiger partial charge in [0.2, 0.25) is 0 Å². The number of phenols is 1. The summed E-state index contributed by atoms with van der Waals surface area (Å²) in [7, 11) is 4.86. The summed E-state index contributed by atoms with van der Waals surface area (Å²) < 4.78 is 10.5. The largest absolute Gasteiger partial charge is 0.507 e. The molecule has 122 valence electrons. The van der Waals surface area contributed by atoms with Gasteiger partial charge in [0.25, 0.3) is 0 Å². The molecule has 0 amide bonds. The molecule has 1 saturated heterocycles. The number of aliphatic hydroxyl groups excluding tert-OH is 1. The van der Waals surface area contributed by atoms with Crippen LogP contribution in [0.3, 0.4) is 0 Å². The highest BCUT2D eigenvalue weighted by atomic mass is 16.5. The van der Waals surface area contributed by atoms with Gasteiger partial charge in [0.1, 0.15) is 22.8 Å². The molecule has 6 heteroatoms. The highest BCUT2D eigenvalue weighted by Gasteiger charge is 2.34. The maximum absolute atomic E-state index is 11.9. The van der Waals surface area contributed by atoms with Crippen LogP contribution < -0.4 is 9.47 Å². The van der Waals surface area contributed by atoms with Crippen LogP contribution >= 0.6 is 0 Å². The molecule has 0 bridgehead atoms. The summed E-state index contributed by atoms with van der Waals surface area (Å²) in [4.78, 5) is 13.9. The van der Waals surface area contributed by atoms with Crippen molar-refractivity contribution in [2.24, 2.45) is 0 Å². The standard InChI is InChI=1S/C16H23NO5/c1-9(18)14-12(21-3)7-13(22-4)15(16(14)20)10-5-6-17(2)8-11(10)19/h7,10-11,19-20H,5-6,8H2,1-4H3/t10-,11-/m1/s1. The summed E-state index contributed by atoms with van der Waals surface area (Å²) in [6.07, 6.45) is 0.0392. The molecule has 0 radical (unpaired) electrons. The third kappa shape index (κ3) is 2.89. The number of benzene rings is 1. The third-order valence-electron chi connectivity index (χ3n) is 4.21. The molecule has 1 heterocycles. The fourth-order valence-corrected chi connectivity index (χ4v) is 3.09. The first kappa shape index (κ1) is 16.6. The Kier molecular flexibility index (Phi) is 4.93. The number of ether oxygens (including phenoxy) is 2. The predicted octanol–water partition coefficient (Wildman–Crippen LogP) is 1.39. The number of aliphatic hydroxyl groups is 1. The number of phenolic OH excluding ortho intramolecular Hbond substituents is 1. The lowest BCUT2D eigenvalue weighted by Gasteiger charge is -2.35. The number of likely N-dealkylation sites (N-methyl/N-ethyl adjacent to an activating group) is 1. The number of carbonyl (C=O) groups is 1. The minimum atomic E-state index is -0.633.